The Balaban J connectivity index is 2.45. The van der Waals surface area contributed by atoms with Crippen LogP contribution in [0.1, 0.15) is 28.5 Å². The molecular formula is C15H13F2NO3. The number of rotatable bonds is 4. The van der Waals surface area contributed by atoms with Crippen LogP contribution >= 0.6 is 0 Å². The first kappa shape index (κ1) is 14.9. The Labute approximate surface area is 120 Å². The summed E-state index contributed by atoms with van der Waals surface area (Å²) in [6.45, 7) is 2.57. The van der Waals surface area contributed by atoms with Gasteiger partial charge in [0.15, 0.2) is 5.69 Å². The van der Waals surface area contributed by atoms with Gasteiger partial charge in [0.25, 0.3) is 5.92 Å². The minimum atomic E-state index is -3.19. The Kier molecular flexibility index (Phi) is 3.88. The van der Waals surface area contributed by atoms with Crippen molar-refractivity contribution >= 4 is 5.97 Å². The lowest BCUT2D eigenvalue weighted by molar-refractivity contribution is 0.0148. The number of alkyl halides is 2. The maximum atomic E-state index is 13.5. The Hall–Kier alpha value is -2.50. The van der Waals surface area contributed by atoms with E-state index in [9.17, 15) is 13.6 Å². The van der Waals surface area contributed by atoms with Crippen LogP contribution in [0.5, 0.6) is 11.6 Å². The molecule has 0 amide bonds. The first-order valence-corrected chi connectivity index (χ1v) is 6.14. The minimum Gasteiger partial charge on any atom is -0.477 e. The molecule has 21 heavy (non-hydrogen) atoms. The molecule has 110 valence electrons. The van der Waals surface area contributed by atoms with Crippen molar-refractivity contribution in [3.05, 3.63) is 53.2 Å². The third-order valence-corrected chi connectivity index (χ3v) is 2.79. The molecule has 0 aliphatic rings. The van der Waals surface area contributed by atoms with Crippen molar-refractivity contribution in [2.45, 2.75) is 19.8 Å². The van der Waals surface area contributed by atoms with E-state index in [1.165, 1.54) is 0 Å². The van der Waals surface area contributed by atoms with E-state index in [1.54, 1.807) is 24.3 Å². The van der Waals surface area contributed by atoms with Crippen LogP contribution in [0, 0.1) is 6.92 Å². The number of carboxylic acids is 1. The van der Waals surface area contributed by atoms with Gasteiger partial charge in [-0.1, -0.05) is 17.7 Å². The maximum Gasteiger partial charge on any atom is 0.354 e. The highest BCUT2D eigenvalue weighted by Crippen LogP contribution is 2.35. The van der Waals surface area contributed by atoms with Crippen molar-refractivity contribution in [1.82, 2.24) is 4.98 Å². The van der Waals surface area contributed by atoms with Gasteiger partial charge in [0.05, 0.1) is 5.56 Å². The van der Waals surface area contributed by atoms with E-state index in [0.717, 1.165) is 17.7 Å². The topological polar surface area (TPSA) is 59.4 Å². The van der Waals surface area contributed by atoms with Crippen LogP contribution in [-0.2, 0) is 5.92 Å². The van der Waals surface area contributed by atoms with Crippen molar-refractivity contribution in [3.63, 3.8) is 0 Å². The van der Waals surface area contributed by atoms with Crippen LogP contribution in [0.4, 0.5) is 8.78 Å². The number of aromatic nitrogens is 1. The molecule has 1 aromatic carbocycles. The molecule has 0 saturated heterocycles. The Morgan fingerprint density at radius 2 is 1.81 bits per heavy atom. The molecule has 0 saturated carbocycles. The molecule has 0 bridgehead atoms. The summed E-state index contributed by atoms with van der Waals surface area (Å²) in [4.78, 5) is 14.6. The molecule has 0 aliphatic heterocycles. The van der Waals surface area contributed by atoms with Crippen LogP contribution in [-0.4, -0.2) is 16.1 Å². The zero-order valence-corrected chi connectivity index (χ0v) is 11.4. The van der Waals surface area contributed by atoms with Gasteiger partial charge in [0.1, 0.15) is 5.75 Å². The molecule has 1 N–H and O–H groups in total. The van der Waals surface area contributed by atoms with Gasteiger partial charge in [-0.2, -0.15) is 0 Å². The fourth-order valence-electron chi connectivity index (χ4n) is 1.69. The average Bonchev–Trinajstić information content (AvgIpc) is 2.40. The predicted octanol–water partition coefficient (Wildman–Crippen LogP) is 3.99. The summed E-state index contributed by atoms with van der Waals surface area (Å²) in [7, 11) is 0. The summed E-state index contributed by atoms with van der Waals surface area (Å²) in [5.74, 6) is -4.61. The summed E-state index contributed by atoms with van der Waals surface area (Å²) in [6, 6.07) is 8.74. The van der Waals surface area contributed by atoms with E-state index in [4.69, 9.17) is 9.84 Å². The van der Waals surface area contributed by atoms with Crippen LogP contribution in [0.15, 0.2) is 36.4 Å². The first-order chi connectivity index (χ1) is 9.77. The SMILES string of the molecule is Cc1ccc(Oc2nc(C(=O)O)ccc2C(C)(F)F)cc1. The monoisotopic (exact) mass is 293 g/mol. The molecule has 0 radical (unpaired) electrons. The molecule has 4 nitrogen and oxygen atoms in total. The molecule has 2 rings (SSSR count). The van der Waals surface area contributed by atoms with Crippen molar-refractivity contribution in [2.75, 3.05) is 0 Å². The molecule has 0 aliphatic carbocycles. The Morgan fingerprint density at radius 3 is 2.33 bits per heavy atom. The summed E-state index contributed by atoms with van der Waals surface area (Å²) >= 11 is 0. The summed E-state index contributed by atoms with van der Waals surface area (Å²) in [5, 5.41) is 8.90. The first-order valence-electron chi connectivity index (χ1n) is 6.14. The van der Waals surface area contributed by atoms with Gasteiger partial charge in [-0.25, -0.2) is 18.6 Å². The number of hydrogen-bond donors (Lipinski definition) is 1. The zero-order valence-electron chi connectivity index (χ0n) is 11.4. The maximum absolute atomic E-state index is 13.5. The molecular weight excluding hydrogens is 280 g/mol. The lowest BCUT2D eigenvalue weighted by Crippen LogP contribution is -2.12. The number of carbonyl (C=O) groups is 1. The van der Waals surface area contributed by atoms with Crippen molar-refractivity contribution < 1.29 is 23.4 Å². The normalized spacial score (nSPS) is 11.2. The van der Waals surface area contributed by atoms with Gasteiger partial charge in [0, 0.05) is 6.92 Å². The van der Waals surface area contributed by atoms with Crippen molar-refractivity contribution in [2.24, 2.45) is 0 Å². The molecule has 0 fully saturated rings. The molecule has 1 aromatic heterocycles. The van der Waals surface area contributed by atoms with Gasteiger partial charge in [-0.05, 0) is 31.2 Å². The van der Waals surface area contributed by atoms with E-state index < -0.39 is 23.3 Å². The Bertz CT molecular complexity index is 664. The smallest absolute Gasteiger partial charge is 0.354 e. The van der Waals surface area contributed by atoms with Crippen LogP contribution < -0.4 is 4.74 Å². The lowest BCUT2D eigenvalue weighted by Gasteiger charge is -2.15. The Morgan fingerprint density at radius 1 is 1.19 bits per heavy atom. The van der Waals surface area contributed by atoms with E-state index >= 15 is 0 Å². The van der Waals surface area contributed by atoms with Gasteiger partial charge in [-0.3, -0.25) is 0 Å². The zero-order chi connectivity index (χ0) is 15.6. The molecule has 1 heterocycles. The molecule has 6 heteroatoms. The van der Waals surface area contributed by atoms with Crippen LogP contribution in [0.2, 0.25) is 0 Å². The highest BCUT2D eigenvalue weighted by Gasteiger charge is 2.30. The van der Waals surface area contributed by atoms with E-state index in [0.29, 0.717) is 12.7 Å². The summed E-state index contributed by atoms with van der Waals surface area (Å²) < 4.78 is 32.4. The average molecular weight is 293 g/mol. The van der Waals surface area contributed by atoms with Gasteiger partial charge < -0.3 is 9.84 Å². The number of aryl methyl sites for hydroxylation is 1. The minimum absolute atomic E-state index is 0.307. The highest BCUT2D eigenvalue weighted by molar-refractivity contribution is 5.85. The number of hydrogen-bond acceptors (Lipinski definition) is 3. The molecule has 0 atom stereocenters. The van der Waals surface area contributed by atoms with Crippen LogP contribution in [0.25, 0.3) is 0 Å². The quantitative estimate of drug-likeness (QED) is 0.925. The number of nitrogens with zero attached hydrogens (tertiary/aromatic N) is 1. The summed E-state index contributed by atoms with van der Waals surface area (Å²) in [5.41, 5.74) is 0.161. The summed E-state index contributed by atoms with van der Waals surface area (Å²) in [6.07, 6.45) is 0. The fourth-order valence-corrected chi connectivity index (χ4v) is 1.69. The van der Waals surface area contributed by atoms with Crippen LogP contribution in [0.3, 0.4) is 0 Å². The third kappa shape index (κ3) is 3.53. The van der Waals surface area contributed by atoms with E-state index in [1.807, 2.05) is 6.92 Å². The molecule has 2 aromatic rings. The van der Waals surface area contributed by atoms with E-state index in [2.05, 4.69) is 4.98 Å². The standard InChI is InChI=1S/C15H13F2NO3/c1-9-3-5-10(6-4-9)21-13-11(15(2,16)17)7-8-12(18-13)14(19)20/h3-8H,1-2H3,(H,19,20). The van der Waals surface area contributed by atoms with Crippen molar-refractivity contribution in [1.29, 1.82) is 0 Å². The second-order valence-corrected chi connectivity index (χ2v) is 4.66. The number of benzene rings is 1. The van der Waals surface area contributed by atoms with Gasteiger partial charge in [-0.15, -0.1) is 0 Å². The fraction of sp³-hybridized carbons (Fsp3) is 0.200. The number of ether oxygens (including phenoxy) is 1. The number of pyridine rings is 1. The number of aromatic carboxylic acids is 1. The lowest BCUT2D eigenvalue weighted by atomic mass is 10.1. The highest BCUT2D eigenvalue weighted by atomic mass is 19.3. The largest absolute Gasteiger partial charge is 0.477 e. The van der Waals surface area contributed by atoms with Crippen molar-refractivity contribution in [3.8, 4) is 11.6 Å². The third-order valence-electron chi connectivity index (χ3n) is 2.79. The molecule has 0 spiro atoms. The molecule has 0 unspecified atom stereocenters. The van der Waals surface area contributed by atoms with E-state index in [-0.39, 0.29) is 5.69 Å². The second-order valence-electron chi connectivity index (χ2n) is 4.66. The number of halogens is 2. The number of carboxylic acid groups (broad SMARTS) is 1. The second kappa shape index (κ2) is 5.47. The predicted molar refractivity (Wildman–Crippen MR) is 72.0 cm³/mol. The van der Waals surface area contributed by atoms with Gasteiger partial charge >= 0.3 is 5.97 Å². The van der Waals surface area contributed by atoms with Gasteiger partial charge in [0.2, 0.25) is 5.88 Å².